The molecule has 3 N–H and O–H groups in total. The van der Waals surface area contributed by atoms with Gasteiger partial charge in [0, 0.05) is 4.88 Å². The van der Waals surface area contributed by atoms with Crippen molar-refractivity contribution >= 4 is 38.8 Å². The molecule has 0 saturated heterocycles. The van der Waals surface area contributed by atoms with Crippen molar-refractivity contribution < 1.29 is 0 Å². The lowest BCUT2D eigenvalue weighted by molar-refractivity contribution is 1.13. The van der Waals surface area contributed by atoms with Crippen molar-refractivity contribution in [2.75, 3.05) is 11.1 Å². The van der Waals surface area contributed by atoms with Crippen LogP contribution in [0.1, 0.15) is 10.4 Å². The van der Waals surface area contributed by atoms with Gasteiger partial charge in [-0.05, 0) is 46.6 Å². The molecule has 3 nitrogen and oxygen atoms in total. The predicted octanol–water partition coefficient (Wildman–Crippen LogP) is 3.41. The number of hydrogen-bond donors (Lipinski definition) is 2. The number of hydrogen-bond acceptors (Lipinski definition) is 4. The first kappa shape index (κ1) is 11.4. The van der Waals surface area contributed by atoms with Crippen LogP contribution in [0.4, 0.5) is 11.5 Å². The maximum atomic E-state index is 5.70. The number of aryl methyl sites for hydroxylation is 1. The molecule has 0 aliphatic carbocycles. The van der Waals surface area contributed by atoms with Gasteiger partial charge in [-0.3, -0.25) is 0 Å². The normalized spacial score (nSPS) is 10.4. The van der Waals surface area contributed by atoms with E-state index in [2.05, 4.69) is 32.3 Å². The molecule has 2 rings (SSSR count). The fourth-order valence-electron chi connectivity index (χ4n) is 1.29. The number of pyridine rings is 1. The minimum atomic E-state index is 0.726. The maximum absolute atomic E-state index is 5.70. The number of halogens is 1. The van der Waals surface area contributed by atoms with E-state index in [0.29, 0.717) is 0 Å². The van der Waals surface area contributed by atoms with Crippen LogP contribution in [0.3, 0.4) is 0 Å². The molecule has 2 heterocycles. The van der Waals surface area contributed by atoms with E-state index in [1.807, 2.05) is 19.1 Å². The van der Waals surface area contributed by atoms with Crippen molar-refractivity contribution in [2.24, 2.45) is 0 Å². The molecule has 16 heavy (non-hydrogen) atoms. The highest BCUT2D eigenvalue weighted by molar-refractivity contribution is 9.11. The summed E-state index contributed by atoms with van der Waals surface area (Å²) in [4.78, 5) is 5.48. The third-order valence-electron chi connectivity index (χ3n) is 2.22. The summed E-state index contributed by atoms with van der Waals surface area (Å²) in [6, 6.07) is 6.09. The number of nitrogens with one attached hydrogen (secondary N) is 1. The van der Waals surface area contributed by atoms with Gasteiger partial charge < -0.3 is 11.1 Å². The molecule has 2 aromatic heterocycles. The lowest BCUT2D eigenvalue weighted by Gasteiger charge is -2.06. The van der Waals surface area contributed by atoms with Gasteiger partial charge in [-0.15, -0.1) is 11.3 Å². The lowest BCUT2D eigenvalue weighted by atomic mass is 10.2. The predicted molar refractivity (Wildman–Crippen MR) is 72.7 cm³/mol. The van der Waals surface area contributed by atoms with Gasteiger partial charge >= 0.3 is 0 Å². The number of anilines is 2. The highest BCUT2D eigenvalue weighted by atomic mass is 79.9. The van der Waals surface area contributed by atoms with Crippen molar-refractivity contribution in [2.45, 2.75) is 13.5 Å². The SMILES string of the molecule is Cc1cc(NCc2ccc(Br)s2)ncc1N. The third-order valence-corrected chi connectivity index (χ3v) is 3.85. The van der Waals surface area contributed by atoms with Crippen molar-refractivity contribution in [3.05, 3.63) is 38.6 Å². The molecule has 84 valence electrons. The molecule has 0 atom stereocenters. The van der Waals surface area contributed by atoms with Gasteiger partial charge in [0.1, 0.15) is 5.82 Å². The van der Waals surface area contributed by atoms with E-state index < -0.39 is 0 Å². The van der Waals surface area contributed by atoms with Crippen molar-refractivity contribution in [1.29, 1.82) is 0 Å². The summed E-state index contributed by atoms with van der Waals surface area (Å²) in [5.41, 5.74) is 7.48. The molecule has 0 amide bonds. The van der Waals surface area contributed by atoms with E-state index in [1.165, 1.54) is 4.88 Å². The van der Waals surface area contributed by atoms with E-state index in [-0.39, 0.29) is 0 Å². The zero-order chi connectivity index (χ0) is 11.5. The van der Waals surface area contributed by atoms with Crippen molar-refractivity contribution in [3.63, 3.8) is 0 Å². The number of thiophene rings is 1. The molecule has 0 saturated carbocycles. The van der Waals surface area contributed by atoms with E-state index in [0.717, 1.165) is 27.4 Å². The molecule has 0 unspecified atom stereocenters. The van der Waals surface area contributed by atoms with Gasteiger partial charge in [0.05, 0.1) is 22.2 Å². The summed E-state index contributed by atoms with van der Waals surface area (Å²) >= 11 is 5.15. The molecule has 0 aliphatic rings. The number of aromatic nitrogens is 1. The maximum Gasteiger partial charge on any atom is 0.126 e. The molecule has 0 spiro atoms. The van der Waals surface area contributed by atoms with E-state index >= 15 is 0 Å². The highest BCUT2D eigenvalue weighted by Gasteiger charge is 2.00. The molecule has 5 heteroatoms. The average molecular weight is 298 g/mol. The van der Waals surface area contributed by atoms with Crippen molar-refractivity contribution in [3.8, 4) is 0 Å². The van der Waals surface area contributed by atoms with Gasteiger partial charge in [-0.1, -0.05) is 0 Å². The smallest absolute Gasteiger partial charge is 0.126 e. The van der Waals surface area contributed by atoms with Crippen LogP contribution in [0.15, 0.2) is 28.2 Å². The number of rotatable bonds is 3. The van der Waals surface area contributed by atoms with Gasteiger partial charge in [-0.25, -0.2) is 4.98 Å². The van der Waals surface area contributed by atoms with Crippen LogP contribution < -0.4 is 11.1 Å². The standard InChI is InChI=1S/C11H12BrN3S/c1-7-4-11(15-6-9(7)13)14-5-8-2-3-10(12)16-8/h2-4,6H,5,13H2,1H3,(H,14,15). The zero-order valence-corrected chi connectivity index (χ0v) is 11.2. The summed E-state index contributed by atoms with van der Waals surface area (Å²) in [6.07, 6.45) is 1.68. The van der Waals surface area contributed by atoms with Crippen LogP contribution >= 0.6 is 27.3 Å². The molecular formula is C11H12BrN3S. The number of nitrogens with two attached hydrogens (primary N) is 1. The quantitative estimate of drug-likeness (QED) is 0.913. The Kier molecular flexibility index (Phi) is 3.46. The van der Waals surface area contributed by atoms with Crippen LogP contribution in [0, 0.1) is 6.92 Å². The highest BCUT2D eigenvalue weighted by Crippen LogP contribution is 2.23. The topological polar surface area (TPSA) is 50.9 Å². The third kappa shape index (κ3) is 2.74. The molecule has 0 radical (unpaired) electrons. The first-order valence-corrected chi connectivity index (χ1v) is 6.46. The molecule has 0 bridgehead atoms. The van der Waals surface area contributed by atoms with E-state index in [1.54, 1.807) is 17.5 Å². The second kappa shape index (κ2) is 4.84. The fraction of sp³-hybridized carbons (Fsp3) is 0.182. The van der Waals surface area contributed by atoms with E-state index in [4.69, 9.17) is 5.73 Å². The molecular weight excluding hydrogens is 286 g/mol. The van der Waals surface area contributed by atoms with E-state index in [9.17, 15) is 0 Å². The number of nitrogen functional groups attached to an aromatic ring is 1. The minimum absolute atomic E-state index is 0.726. The van der Waals surface area contributed by atoms with Crippen LogP contribution in [0.5, 0.6) is 0 Å². The summed E-state index contributed by atoms with van der Waals surface area (Å²) in [5.74, 6) is 0.858. The van der Waals surface area contributed by atoms with Crippen LogP contribution in [0.2, 0.25) is 0 Å². The first-order chi connectivity index (χ1) is 7.65. The van der Waals surface area contributed by atoms with Gasteiger partial charge in [-0.2, -0.15) is 0 Å². The van der Waals surface area contributed by atoms with Crippen LogP contribution in [0.25, 0.3) is 0 Å². The second-order valence-corrected chi connectivity index (χ2v) is 6.03. The summed E-state index contributed by atoms with van der Waals surface area (Å²) in [7, 11) is 0. The van der Waals surface area contributed by atoms with Crippen LogP contribution in [-0.4, -0.2) is 4.98 Å². The molecule has 0 fully saturated rings. The second-order valence-electron chi connectivity index (χ2n) is 3.49. The van der Waals surface area contributed by atoms with Gasteiger partial charge in [0.15, 0.2) is 0 Å². The Morgan fingerprint density at radius 2 is 2.31 bits per heavy atom. The molecule has 0 aliphatic heterocycles. The first-order valence-electron chi connectivity index (χ1n) is 4.85. The van der Waals surface area contributed by atoms with Crippen molar-refractivity contribution in [1.82, 2.24) is 4.98 Å². The summed E-state index contributed by atoms with van der Waals surface area (Å²) in [6.45, 7) is 2.76. The Morgan fingerprint density at radius 1 is 1.50 bits per heavy atom. The summed E-state index contributed by atoms with van der Waals surface area (Å²) in [5, 5.41) is 3.27. The Morgan fingerprint density at radius 3 is 2.94 bits per heavy atom. The zero-order valence-electron chi connectivity index (χ0n) is 8.83. The monoisotopic (exact) mass is 297 g/mol. The Bertz CT molecular complexity index is 496. The average Bonchev–Trinajstić information content (AvgIpc) is 2.66. The largest absolute Gasteiger partial charge is 0.397 e. The molecule has 0 aromatic carbocycles. The summed E-state index contributed by atoms with van der Waals surface area (Å²) < 4.78 is 1.14. The lowest BCUT2D eigenvalue weighted by Crippen LogP contribution is -2.01. The Balaban J connectivity index is 2.02. The number of nitrogens with zero attached hydrogens (tertiary/aromatic N) is 1. The van der Waals surface area contributed by atoms with Gasteiger partial charge in [0.2, 0.25) is 0 Å². The fourth-order valence-corrected chi connectivity index (χ4v) is 2.71. The Hall–Kier alpha value is -1.07. The van der Waals surface area contributed by atoms with Gasteiger partial charge in [0.25, 0.3) is 0 Å². The molecule has 2 aromatic rings. The Labute approximate surface area is 107 Å². The minimum Gasteiger partial charge on any atom is -0.397 e. The van der Waals surface area contributed by atoms with Crippen LogP contribution in [-0.2, 0) is 6.54 Å².